The zero-order chi connectivity index (χ0) is 11.5. The molecule has 1 N–H and O–H groups in total. The van der Waals surface area contributed by atoms with Crippen LogP contribution < -0.4 is 4.74 Å². The van der Waals surface area contributed by atoms with Crippen LogP contribution in [0.25, 0.3) is 10.8 Å². The van der Waals surface area contributed by atoms with E-state index in [2.05, 4.69) is 5.16 Å². The van der Waals surface area contributed by atoms with Crippen molar-refractivity contribution in [3.63, 3.8) is 0 Å². The van der Waals surface area contributed by atoms with Gasteiger partial charge in [0.05, 0.1) is 12.8 Å². The molecule has 0 heterocycles. The van der Waals surface area contributed by atoms with Gasteiger partial charge in [0.25, 0.3) is 0 Å². The van der Waals surface area contributed by atoms with Crippen molar-refractivity contribution >= 4 is 16.5 Å². The first kappa shape index (κ1) is 10.5. The average molecular weight is 215 g/mol. The van der Waals surface area contributed by atoms with E-state index in [1.165, 1.54) is 0 Å². The summed E-state index contributed by atoms with van der Waals surface area (Å²) in [6, 6.07) is 11.8. The summed E-state index contributed by atoms with van der Waals surface area (Å²) in [5, 5.41) is 14.1. The summed E-state index contributed by atoms with van der Waals surface area (Å²) in [6.07, 6.45) is 0. The summed E-state index contributed by atoms with van der Waals surface area (Å²) in [4.78, 5) is 0. The fraction of sp³-hybridized carbons (Fsp3) is 0.154. The molecule has 2 aromatic carbocycles. The largest absolute Gasteiger partial charge is 0.497 e. The maximum absolute atomic E-state index is 8.71. The van der Waals surface area contributed by atoms with Crippen molar-refractivity contribution in [2.75, 3.05) is 7.11 Å². The summed E-state index contributed by atoms with van der Waals surface area (Å²) in [6.45, 7) is 1.77. The molecule has 16 heavy (non-hydrogen) atoms. The zero-order valence-corrected chi connectivity index (χ0v) is 9.27. The van der Waals surface area contributed by atoms with Crippen LogP contribution in [0, 0.1) is 0 Å². The van der Waals surface area contributed by atoms with Crippen LogP contribution in [0.5, 0.6) is 5.75 Å². The van der Waals surface area contributed by atoms with Crippen molar-refractivity contribution in [2.24, 2.45) is 5.16 Å². The van der Waals surface area contributed by atoms with E-state index in [9.17, 15) is 0 Å². The van der Waals surface area contributed by atoms with Gasteiger partial charge in [-0.3, -0.25) is 0 Å². The third-order valence-corrected chi connectivity index (χ3v) is 2.62. The summed E-state index contributed by atoms with van der Waals surface area (Å²) >= 11 is 0. The molecule has 0 saturated heterocycles. The van der Waals surface area contributed by atoms with E-state index >= 15 is 0 Å². The van der Waals surface area contributed by atoms with Gasteiger partial charge >= 0.3 is 0 Å². The van der Waals surface area contributed by atoms with Crippen LogP contribution >= 0.6 is 0 Å². The highest BCUT2D eigenvalue weighted by atomic mass is 16.5. The number of hydrogen-bond acceptors (Lipinski definition) is 3. The standard InChI is InChI=1S/C13H13NO2/c1-9(14-15)10-3-4-12-8-13(16-2)6-5-11(12)7-10/h3-8,15H,1-2H3/b14-9-. The first-order valence-electron chi connectivity index (χ1n) is 5.01. The minimum atomic E-state index is 0.609. The van der Waals surface area contributed by atoms with Gasteiger partial charge in [0, 0.05) is 0 Å². The molecule has 3 nitrogen and oxygen atoms in total. The monoisotopic (exact) mass is 215 g/mol. The Labute approximate surface area is 94.0 Å². The van der Waals surface area contributed by atoms with Crippen LogP contribution in [0.3, 0.4) is 0 Å². The number of rotatable bonds is 2. The molecule has 0 unspecified atom stereocenters. The van der Waals surface area contributed by atoms with Gasteiger partial charge < -0.3 is 9.94 Å². The Bertz CT molecular complexity index is 547. The fourth-order valence-electron chi connectivity index (χ4n) is 1.63. The van der Waals surface area contributed by atoms with Crippen molar-refractivity contribution in [2.45, 2.75) is 6.92 Å². The minimum absolute atomic E-state index is 0.609. The van der Waals surface area contributed by atoms with Gasteiger partial charge in [0.2, 0.25) is 0 Å². The van der Waals surface area contributed by atoms with Crippen molar-refractivity contribution in [3.8, 4) is 5.75 Å². The van der Waals surface area contributed by atoms with E-state index in [0.29, 0.717) is 5.71 Å². The maximum Gasteiger partial charge on any atom is 0.119 e. The predicted molar refractivity (Wildman–Crippen MR) is 64.5 cm³/mol. The zero-order valence-electron chi connectivity index (χ0n) is 9.27. The lowest BCUT2D eigenvalue weighted by Gasteiger charge is -2.04. The predicted octanol–water partition coefficient (Wildman–Crippen LogP) is 3.05. The molecule has 0 aliphatic heterocycles. The number of benzene rings is 2. The van der Waals surface area contributed by atoms with E-state index in [4.69, 9.17) is 9.94 Å². The molecular weight excluding hydrogens is 202 g/mol. The normalized spacial score (nSPS) is 11.8. The van der Waals surface area contributed by atoms with E-state index in [-0.39, 0.29) is 0 Å². The van der Waals surface area contributed by atoms with Crippen LogP contribution in [-0.4, -0.2) is 18.0 Å². The molecule has 3 heteroatoms. The molecule has 0 aliphatic carbocycles. The van der Waals surface area contributed by atoms with Crippen LogP contribution in [0.1, 0.15) is 12.5 Å². The molecule has 0 spiro atoms. The van der Waals surface area contributed by atoms with Gasteiger partial charge in [-0.25, -0.2) is 0 Å². The van der Waals surface area contributed by atoms with Crippen molar-refractivity contribution in [1.29, 1.82) is 0 Å². The number of methoxy groups -OCH3 is 1. The molecule has 2 rings (SSSR count). The van der Waals surface area contributed by atoms with Crippen LogP contribution in [-0.2, 0) is 0 Å². The molecule has 2 aromatic rings. The second-order valence-electron chi connectivity index (χ2n) is 3.61. The SMILES string of the molecule is COc1ccc2cc(/C(C)=N\O)ccc2c1. The first-order valence-corrected chi connectivity index (χ1v) is 5.01. The molecule has 0 saturated carbocycles. The molecule has 0 fully saturated rings. The topological polar surface area (TPSA) is 41.8 Å². The minimum Gasteiger partial charge on any atom is -0.497 e. The summed E-state index contributed by atoms with van der Waals surface area (Å²) in [7, 11) is 1.65. The molecule has 0 radical (unpaired) electrons. The van der Waals surface area contributed by atoms with Crippen LogP contribution in [0.15, 0.2) is 41.6 Å². The highest BCUT2D eigenvalue weighted by molar-refractivity contribution is 6.01. The maximum atomic E-state index is 8.71. The molecule has 0 atom stereocenters. The summed E-state index contributed by atoms with van der Waals surface area (Å²) < 4.78 is 5.16. The number of hydrogen-bond donors (Lipinski definition) is 1. The molecule has 0 aromatic heterocycles. The lowest BCUT2D eigenvalue weighted by Crippen LogP contribution is -1.93. The number of nitrogens with zero attached hydrogens (tertiary/aromatic N) is 1. The summed E-state index contributed by atoms with van der Waals surface area (Å²) in [5.41, 5.74) is 1.53. The Morgan fingerprint density at radius 2 is 1.81 bits per heavy atom. The number of fused-ring (bicyclic) bond motifs is 1. The van der Waals surface area contributed by atoms with Crippen LogP contribution in [0.4, 0.5) is 0 Å². The lowest BCUT2D eigenvalue weighted by molar-refractivity contribution is 0.319. The van der Waals surface area contributed by atoms with Crippen molar-refractivity contribution in [1.82, 2.24) is 0 Å². The van der Waals surface area contributed by atoms with Crippen molar-refractivity contribution < 1.29 is 9.94 Å². The highest BCUT2D eigenvalue weighted by Gasteiger charge is 2.01. The van der Waals surface area contributed by atoms with Crippen LogP contribution in [0.2, 0.25) is 0 Å². The second-order valence-corrected chi connectivity index (χ2v) is 3.61. The Kier molecular flexibility index (Phi) is 2.77. The Hall–Kier alpha value is -2.03. The van der Waals surface area contributed by atoms with E-state index in [0.717, 1.165) is 22.1 Å². The molecule has 82 valence electrons. The lowest BCUT2D eigenvalue weighted by atomic mass is 10.0. The van der Waals surface area contributed by atoms with E-state index in [1.54, 1.807) is 14.0 Å². The molecular formula is C13H13NO2. The Morgan fingerprint density at radius 1 is 1.12 bits per heavy atom. The van der Waals surface area contributed by atoms with Gasteiger partial charge in [-0.05, 0) is 41.5 Å². The van der Waals surface area contributed by atoms with Gasteiger partial charge in [-0.2, -0.15) is 0 Å². The smallest absolute Gasteiger partial charge is 0.119 e. The first-order chi connectivity index (χ1) is 7.74. The van der Waals surface area contributed by atoms with Gasteiger partial charge in [0.15, 0.2) is 0 Å². The van der Waals surface area contributed by atoms with Crippen molar-refractivity contribution in [3.05, 3.63) is 42.0 Å². The second kappa shape index (κ2) is 4.23. The number of ether oxygens (including phenoxy) is 1. The third kappa shape index (κ3) is 1.84. The molecule has 0 bridgehead atoms. The van der Waals surface area contributed by atoms with E-state index < -0.39 is 0 Å². The highest BCUT2D eigenvalue weighted by Crippen LogP contribution is 2.22. The quantitative estimate of drug-likeness (QED) is 0.475. The van der Waals surface area contributed by atoms with Gasteiger partial charge in [0.1, 0.15) is 5.75 Å². The average Bonchev–Trinajstić information content (AvgIpc) is 2.36. The molecule has 0 aliphatic rings. The van der Waals surface area contributed by atoms with Gasteiger partial charge in [-0.15, -0.1) is 0 Å². The number of oxime groups is 1. The van der Waals surface area contributed by atoms with Gasteiger partial charge in [-0.1, -0.05) is 23.4 Å². The fourth-order valence-corrected chi connectivity index (χ4v) is 1.63. The summed E-state index contributed by atoms with van der Waals surface area (Å²) in [5.74, 6) is 0.841. The third-order valence-electron chi connectivity index (χ3n) is 2.62. The Morgan fingerprint density at radius 3 is 2.50 bits per heavy atom. The Balaban J connectivity index is 2.56. The van der Waals surface area contributed by atoms with E-state index in [1.807, 2.05) is 36.4 Å². The molecule has 0 amide bonds.